The van der Waals surface area contributed by atoms with Gasteiger partial charge in [-0.15, -0.1) is 0 Å². The van der Waals surface area contributed by atoms with Crippen LogP contribution in [0, 0.1) is 11.3 Å². The van der Waals surface area contributed by atoms with Crippen LogP contribution in [0.1, 0.15) is 13.3 Å². The molecule has 0 aliphatic heterocycles. The number of anilines is 1. The molecule has 0 fully saturated rings. The van der Waals surface area contributed by atoms with Crippen molar-refractivity contribution >= 4 is 15.8 Å². The molecule has 0 spiro atoms. The molecule has 0 atom stereocenters. The molecule has 0 aromatic carbocycles. The first-order chi connectivity index (χ1) is 10.1. The van der Waals surface area contributed by atoms with E-state index in [9.17, 15) is 8.42 Å². The van der Waals surface area contributed by atoms with Gasteiger partial charge in [0, 0.05) is 39.4 Å². The molecule has 1 heterocycles. The Bertz CT molecular complexity index is 566. The number of hydrogen-bond acceptors (Lipinski definition) is 6. The van der Waals surface area contributed by atoms with Crippen molar-refractivity contribution in [2.45, 2.75) is 18.2 Å². The predicted octanol–water partition coefficient (Wildman–Crippen LogP) is 1.06. The number of rotatable bonds is 9. The fraction of sp³-hybridized carbons (Fsp3) is 0.538. The highest BCUT2D eigenvalue weighted by Crippen LogP contribution is 2.16. The van der Waals surface area contributed by atoms with Gasteiger partial charge in [0.1, 0.15) is 10.7 Å². The van der Waals surface area contributed by atoms with Crippen LogP contribution in [-0.2, 0) is 14.8 Å². The van der Waals surface area contributed by atoms with Gasteiger partial charge in [-0.1, -0.05) is 0 Å². The number of methoxy groups -OCH3 is 1. The van der Waals surface area contributed by atoms with Crippen LogP contribution in [0.2, 0.25) is 0 Å². The topological polar surface area (TPSA) is 95.3 Å². The van der Waals surface area contributed by atoms with Gasteiger partial charge in [0.05, 0.1) is 12.7 Å². The molecule has 0 aliphatic carbocycles. The van der Waals surface area contributed by atoms with Crippen molar-refractivity contribution in [2.75, 3.05) is 38.7 Å². The molecule has 21 heavy (non-hydrogen) atoms. The van der Waals surface area contributed by atoms with Crippen LogP contribution in [-0.4, -0.2) is 51.1 Å². The van der Waals surface area contributed by atoms with Crippen LogP contribution in [0.5, 0.6) is 0 Å². The second-order valence-electron chi connectivity index (χ2n) is 4.21. The molecule has 1 aromatic rings. The zero-order valence-corrected chi connectivity index (χ0v) is 13.1. The molecule has 0 saturated heterocycles. The summed E-state index contributed by atoms with van der Waals surface area (Å²) in [6, 6.07) is 5.08. The van der Waals surface area contributed by atoms with Gasteiger partial charge < -0.3 is 10.1 Å². The van der Waals surface area contributed by atoms with Crippen molar-refractivity contribution in [1.29, 1.82) is 5.26 Å². The minimum Gasteiger partial charge on any atom is -0.383 e. The molecule has 0 radical (unpaired) electrons. The van der Waals surface area contributed by atoms with Crippen molar-refractivity contribution in [3.05, 3.63) is 18.3 Å². The Balaban J connectivity index is 2.95. The molecule has 0 amide bonds. The lowest BCUT2D eigenvalue weighted by Gasteiger charge is -2.20. The second kappa shape index (κ2) is 8.56. The Morgan fingerprint density at radius 3 is 2.71 bits per heavy atom. The van der Waals surface area contributed by atoms with Gasteiger partial charge in [-0.25, -0.2) is 13.4 Å². The molecule has 0 unspecified atom stereocenters. The lowest BCUT2D eigenvalue weighted by atomic mass is 10.4. The summed E-state index contributed by atoms with van der Waals surface area (Å²) in [6.07, 6.45) is 1.45. The first-order valence-corrected chi connectivity index (χ1v) is 8.06. The van der Waals surface area contributed by atoms with Crippen molar-refractivity contribution in [3.63, 3.8) is 0 Å². The molecule has 1 rings (SSSR count). The highest BCUT2D eigenvalue weighted by Gasteiger charge is 2.24. The Kier molecular flexibility index (Phi) is 7.08. The maximum Gasteiger partial charge on any atom is 0.244 e. The smallest absolute Gasteiger partial charge is 0.244 e. The fourth-order valence-corrected chi connectivity index (χ4v) is 3.06. The van der Waals surface area contributed by atoms with E-state index in [1.165, 1.54) is 23.7 Å². The highest BCUT2D eigenvalue weighted by atomic mass is 32.2. The SMILES string of the molecule is CCNc1ccc(S(=O)(=O)N(CCC#N)CCOC)cn1. The summed E-state index contributed by atoms with van der Waals surface area (Å²) < 4.78 is 31.2. The summed E-state index contributed by atoms with van der Waals surface area (Å²) in [5.41, 5.74) is 0. The van der Waals surface area contributed by atoms with Gasteiger partial charge in [-0.3, -0.25) is 0 Å². The standard InChI is InChI=1S/C13H20N4O3S/c1-3-15-13-6-5-12(11-16-13)21(18,19)17(8-4-7-14)9-10-20-2/h5-6,11H,3-4,8-10H2,1-2H3,(H,15,16). The van der Waals surface area contributed by atoms with E-state index in [1.54, 1.807) is 6.07 Å². The molecule has 1 N–H and O–H groups in total. The summed E-state index contributed by atoms with van der Waals surface area (Å²) in [6.45, 7) is 3.25. The number of nitrogens with one attached hydrogen (secondary N) is 1. The Morgan fingerprint density at radius 1 is 1.43 bits per heavy atom. The number of nitrogens with zero attached hydrogens (tertiary/aromatic N) is 3. The van der Waals surface area contributed by atoms with Crippen LogP contribution in [0.3, 0.4) is 0 Å². The van der Waals surface area contributed by atoms with Gasteiger partial charge >= 0.3 is 0 Å². The van der Waals surface area contributed by atoms with Gasteiger partial charge in [0.15, 0.2) is 0 Å². The Morgan fingerprint density at radius 2 is 2.19 bits per heavy atom. The maximum atomic E-state index is 12.5. The number of ether oxygens (including phenoxy) is 1. The molecule has 7 nitrogen and oxygen atoms in total. The monoisotopic (exact) mass is 312 g/mol. The van der Waals surface area contributed by atoms with E-state index in [0.717, 1.165) is 0 Å². The van der Waals surface area contributed by atoms with Gasteiger partial charge in [-0.05, 0) is 19.1 Å². The summed E-state index contributed by atoms with van der Waals surface area (Å²) in [5, 5.41) is 11.7. The lowest BCUT2D eigenvalue weighted by Crippen LogP contribution is -2.34. The number of hydrogen-bond donors (Lipinski definition) is 1. The quantitative estimate of drug-likeness (QED) is 0.732. The molecular formula is C13H20N4O3S. The van der Waals surface area contributed by atoms with E-state index in [4.69, 9.17) is 10.00 Å². The summed E-state index contributed by atoms with van der Waals surface area (Å²) in [5.74, 6) is 0.622. The lowest BCUT2D eigenvalue weighted by molar-refractivity contribution is 0.179. The zero-order chi connectivity index (χ0) is 15.7. The third-order valence-electron chi connectivity index (χ3n) is 2.75. The Labute approximate surface area is 125 Å². The van der Waals surface area contributed by atoms with Crippen molar-refractivity contribution in [3.8, 4) is 6.07 Å². The molecular weight excluding hydrogens is 292 g/mol. The normalized spacial score (nSPS) is 11.3. The molecule has 0 saturated carbocycles. The summed E-state index contributed by atoms with van der Waals surface area (Å²) in [4.78, 5) is 4.17. The summed E-state index contributed by atoms with van der Waals surface area (Å²) in [7, 11) is -2.16. The zero-order valence-electron chi connectivity index (χ0n) is 12.2. The third kappa shape index (κ3) is 4.97. The highest BCUT2D eigenvalue weighted by molar-refractivity contribution is 7.89. The average molecular weight is 312 g/mol. The van der Waals surface area contributed by atoms with E-state index in [-0.39, 0.29) is 31.0 Å². The fourth-order valence-electron chi connectivity index (χ4n) is 1.69. The number of aromatic nitrogens is 1. The number of pyridine rings is 1. The first-order valence-electron chi connectivity index (χ1n) is 6.62. The van der Waals surface area contributed by atoms with Gasteiger partial charge in [-0.2, -0.15) is 9.57 Å². The number of sulfonamides is 1. The van der Waals surface area contributed by atoms with Crippen LogP contribution in [0.25, 0.3) is 0 Å². The largest absolute Gasteiger partial charge is 0.383 e. The van der Waals surface area contributed by atoms with Crippen LogP contribution in [0.4, 0.5) is 5.82 Å². The number of nitriles is 1. The average Bonchev–Trinajstić information content (AvgIpc) is 2.48. The molecule has 0 bridgehead atoms. The van der Waals surface area contributed by atoms with E-state index < -0.39 is 10.0 Å². The minimum absolute atomic E-state index is 0.109. The van der Waals surface area contributed by atoms with Gasteiger partial charge in [0.2, 0.25) is 10.0 Å². The van der Waals surface area contributed by atoms with E-state index >= 15 is 0 Å². The Hall–Kier alpha value is -1.69. The van der Waals surface area contributed by atoms with Crippen LogP contribution < -0.4 is 5.32 Å². The van der Waals surface area contributed by atoms with Crippen molar-refractivity contribution < 1.29 is 13.2 Å². The third-order valence-corrected chi connectivity index (χ3v) is 4.63. The maximum absolute atomic E-state index is 12.5. The van der Waals surface area contributed by atoms with E-state index in [0.29, 0.717) is 12.4 Å². The minimum atomic E-state index is -3.67. The molecule has 8 heteroatoms. The molecule has 1 aromatic heterocycles. The molecule has 116 valence electrons. The molecule has 0 aliphatic rings. The van der Waals surface area contributed by atoms with Crippen LogP contribution in [0.15, 0.2) is 23.2 Å². The first kappa shape index (κ1) is 17.4. The van der Waals surface area contributed by atoms with Crippen LogP contribution >= 0.6 is 0 Å². The van der Waals surface area contributed by atoms with E-state index in [2.05, 4.69) is 10.3 Å². The summed E-state index contributed by atoms with van der Waals surface area (Å²) >= 11 is 0. The predicted molar refractivity (Wildman–Crippen MR) is 79.3 cm³/mol. The van der Waals surface area contributed by atoms with E-state index in [1.807, 2.05) is 13.0 Å². The van der Waals surface area contributed by atoms with Gasteiger partial charge in [0.25, 0.3) is 0 Å². The van der Waals surface area contributed by atoms with Crippen molar-refractivity contribution in [1.82, 2.24) is 9.29 Å². The second-order valence-corrected chi connectivity index (χ2v) is 6.15. The van der Waals surface area contributed by atoms with Crippen molar-refractivity contribution in [2.24, 2.45) is 0 Å².